The van der Waals surface area contributed by atoms with E-state index in [1.807, 2.05) is 12.1 Å². The van der Waals surface area contributed by atoms with Crippen molar-refractivity contribution in [1.29, 1.82) is 0 Å². The number of hydrogen-bond acceptors (Lipinski definition) is 3. The molecule has 0 saturated heterocycles. The zero-order valence-corrected chi connectivity index (χ0v) is 8.84. The van der Waals surface area contributed by atoms with Gasteiger partial charge in [0.1, 0.15) is 5.69 Å². The van der Waals surface area contributed by atoms with E-state index in [-0.39, 0.29) is 0 Å². The number of pyridine rings is 1. The van der Waals surface area contributed by atoms with Gasteiger partial charge in [-0.05, 0) is 24.6 Å². The van der Waals surface area contributed by atoms with E-state index in [1.54, 1.807) is 30.7 Å². The minimum absolute atomic E-state index is 0.499. The van der Waals surface area contributed by atoms with E-state index < -0.39 is 6.10 Å². The van der Waals surface area contributed by atoms with Crippen molar-refractivity contribution < 1.29 is 9.52 Å². The number of aromatic nitrogens is 1. The second-order valence-electron chi connectivity index (χ2n) is 3.46. The van der Waals surface area contributed by atoms with Crippen LogP contribution in [0.3, 0.4) is 0 Å². The maximum absolute atomic E-state index is 9.95. The summed E-state index contributed by atoms with van der Waals surface area (Å²) in [6.45, 7) is 3.61. The molecule has 0 bridgehead atoms. The first-order valence-corrected chi connectivity index (χ1v) is 5.10. The Bertz CT molecular complexity index is 463. The predicted octanol–water partition coefficient (Wildman–Crippen LogP) is 2.95. The molecule has 2 rings (SSSR count). The minimum Gasteiger partial charge on any atom is -0.463 e. The quantitative estimate of drug-likeness (QED) is 0.797. The SMILES string of the molecule is C=CCC(O)c1cccnc1-c1ccco1. The number of rotatable bonds is 4. The van der Waals surface area contributed by atoms with Crippen molar-refractivity contribution in [3.63, 3.8) is 0 Å². The molecule has 2 aromatic heterocycles. The fourth-order valence-electron chi connectivity index (χ4n) is 1.59. The lowest BCUT2D eigenvalue weighted by Crippen LogP contribution is -1.99. The van der Waals surface area contributed by atoms with E-state index in [0.717, 1.165) is 5.56 Å². The van der Waals surface area contributed by atoms with Crippen molar-refractivity contribution in [3.05, 3.63) is 54.9 Å². The van der Waals surface area contributed by atoms with Crippen LogP contribution >= 0.6 is 0 Å². The number of furan rings is 1. The van der Waals surface area contributed by atoms with Crippen LogP contribution in [0.1, 0.15) is 18.1 Å². The predicted molar refractivity (Wildman–Crippen MR) is 61.7 cm³/mol. The lowest BCUT2D eigenvalue weighted by molar-refractivity contribution is 0.181. The Morgan fingerprint density at radius 2 is 2.31 bits per heavy atom. The van der Waals surface area contributed by atoms with Gasteiger partial charge in [-0.15, -0.1) is 6.58 Å². The van der Waals surface area contributed by atoms with Crippen molar-refractivity contribution in [2.45, 2.75) is 12.5 Å². The molecule has 0 aliphatic heterocycles. The average molecular weight is 215 g/mol. The highest BCUT2D eigenvalue weighted by Gasteiger charge is 2.14. The molecule has 0 amide bonds. The summed E-state index contributed by atoms with van der Waals surface area (Å²) in [6, 6.07) is 7.27. The molecule has 3 nitrogen and oxygen atoms in total. The molecule has 1 N–H and O–H groups in total. The van der Waals surface area contributed by atoms with Crippen LogP contribution in [0.4, 0.5) is 0 Å². The summed E-state index contributed by atoms with van der Waals surface area (Å²) in [5.41, 5.74) is 1.44. The van der Waals surface area contributed by atoms with E-state index in [1.165, 1.54) is 0 Å². The molecule has 0 fully saturated rings. The molecular formula is C13H13NO2. The maximum atomic E-state index is 9.95. The zero-order valence-electron chi connectivity index (χ0n) is 8.84. The smallest absolute Gasteiger partial charge is 0.152 e. The van der Waals surface area contributed by atoms with Crippen LogP contribution < -0.4 is 0 Å². The number of nitrogens with zero attached hydrogens (tertiary/aromatic N) is 1. The Labute approximate surface area is 94.1 Å². The lowest BCUT2D eigenvalue weighted by Gasteiger charge is -2.11. The van der Waals surface area contributed by atoms with Crippen LogP contribution in [0.25, 0.3) is 11.5 Å². The first-order chi connectivity index (χ1) is 7.83. The molecule has 1 atom stereocenters. The Morgan fingerprint density at radius 3 is 3.00 bits per heavy atom. The summed E-state index contributed by atoms with van der Waals surface area (Å²) in [7, 11) is 0. The van der Waals surface area contributed by atoms with Crippen LogP contribution in [-0.2, 0) is 0 Å². The molecule has 82 valence electrons. The van der Waals surface area contributed by atoms with Crippen LogP contribution in [0.5, 0.6) is 0 Å². The Morgan fingerprint density at radius 1 is 1.44 bits per heavy atom. The van der Waals surface area contributed by atoms with E-state index in [2.05, 4.69) is 11.6 Å². The summed E-state index contributed by atoms with van der Waals surface area (Å²) in [6.07, 6.45) is 4.87. The molecule has 2 aromatic rings. The van der Waals surface area contributed by atoms with Crippen LogP contribution in [0, 0.1) is 0 Å². The zero-order chi connectivity index (χ0) is 11.4. The molecule has 1 unspecified atom stereocenters. The second kappa shape index (κ2) is 4.77. The summed E-state index contributed by atoms with van der Waals surface area (Å²) in [5, 5.41) is 9.95. The molecular weight excluding hydrogens is 202 g/mol. The van der Waals surface area contributed by atoms with Crippen molar-refractivity contribution >= 4 is 0 Å². The second-order valence-corrected chi connectivity index (χ2v) is 3.46. The highest BCUT2D eigenvalue weighted by atomic mass is 16.3. The fourth-order valence-corrected chi connectivity index (χ4v) is 1.59. The van der Waals surface area contributed by atoms with Gasteiger partial charge in [-0.25, -0.2) is 0 Å². The molecule has 0 spiro atoms. The van der Waals surface area contributed by atoms with Crippen molar-refractivity contribution in [2.24, 2.45) is 0 Å². The standard InChI is InChI=1S/C13H13NO2/c1-2-5-11(15)10-6-3-8-14-13(10)12-7-4-9-16-12/h2-4,6-9,11,15H,1,5H2. The molecule has 0 saturated carbocycles. The highest BCUT2D eigenvalue weighted by molar-refractivity contribution is 5.57. The van der Waals surface area contributed by atoms with Gasteiger partial charge < -0.3 is 9.52 Å². The normalized spacial score (nSPS) is 12.3. The van der Waals surface area contributed by atoms with E-state index in [9.17, 15) is 5.11 Å². The molecule has 0 aliphatic carbocycles. The van der Waals surface area contributed by atoms with E-state index in [0.29, 0.717) is 17.9 Å². The topological polar surface area (TPSA) is 46.3 Å². The van der Waals surface area contributed by atoms with Gasteiger partial charge in [0.25, 0.3) is 0 Å². The maximum Gasteiger partial charge on any atom is 0.152 e. The largest absolute Gasteiger partial charge is 0.463 e. The molecule has 0 radical (unpaired) electrons. The molecule has 2 heterocycles. The summed E-state index contributed by atoms with van der Waals surface area (Å²) >= 11 is 0. The Hall–Kier alpha value is -1.87. The van der Waals surface area contributed by atoms with Gasteiger partial charge in [-0.1, -0.05) is 12.1 Å². The fraction of sp³-hybridized carbons (Fsp3) is 0.154. The van der Waals surface area contributed by atoms with Crippen LogP contribution in [0.2, 0.25) is 0 Å². The third-order valence-electron chi connectivity index (χ3n) is 2.34. The van der Waals surface area contributed by atoms with Crippen molar-refractivity contribution in [2.75, 3.05) is 0 Å². The molecule has 0 aromatic carbocycles. The van der Waals surface area contributed by atoms with Crippen LogP contribution in [-0.4, -0.2) is 10.1 Å². The molecule has 16 heavy (non-hydrogen) atoms. The number of aliphatic hydroxyl groups is 1. The summed E-state index contributed by atoms with van der Waals surface area (Å²) < 4.78 is 5.29. The van der Waals surface area contributed by atoms with Gasteiger partial charge in [0.2, 0.25) is 0 Å². The average Bonchev–Trinajstić information content (AvgIpc) is 2.83. The van der Waals surface area contributed by atoms with Crippen LogP contribution in [0.15, 0.2) is 53.8 Å². The third-order valence-corrected chi connectivity index (χ3v) is 2.34. The van der Waals surface area contributed by atoms with E-state index in [4.69, 9.17) is 4.42 Å². The summed E-state index contributed by atoms with van der Waals surface area (Å²) in [5.74, 6) is 0.665. The first kappa shape index (κ1) is 10.6. The summed E-state index contributed by atoms with van der Waals surface area (Å²) in [4.78, 5) is 4.24. The van der Waals surface area contributed by atoms with Gasteiger partial charge in [0.05, 0.1) is 12.4 Å². The number of aliphatic hydroxyl groups excluding tert-OH is 1. The minimum atomic E-state index is -0.591. The van der Waals surface area contributed by atoms with Crippen molar-refractivity contribution in [3.8, 4) is 11.5 Å². The Balaban J connectivity index is 2.42. The van der Waals surface area contributed by atoms with E-state index >= 15 is 0 Å². The van der Waals surface area contributed by atoms with Gasteiger partial charge >= 0.3 is 0 Å². The van der Waals surface area contributed by atoms with Crippen molar-refractivity contribution in [1.82, 2.24) is 4.98 Å². The van der Waals surface area contributed by atoms with Gasteiger partial charge in [-0.2, -0.15) is 0 Å². The lowest BCUT2D eigenvalue weighted by atomic mass is 10.0. The third kappa shape index (κ3) is 2.04. The molecule has 3 heteroatoms. The van der Waals surface area contributed by atoms with Gasteiger partial charge in [0, 0.05) is 11.8 Å². The monoisotopic (exact) mass is 215 g/mol. The number of hydrogen-bond donors (Lipinski definition) is 1. The van der Waals surface area contributed by atoms with Gasteiger partial charge in [-0.3, -0.25) is 4.98 Å². The molecule has 0 aliphatic rings. The van der Waals surface area contributed by atoms with Gasteiger partial charge in [0.15, 0.2) is 5.76 Å². The Kier molecular flexibility index (Phi) is 3.17. The first-order valence-electron chi connectivity index (χ1n) is 5.10. The highest BCUT2D eigenvalue weighted by Crippen LogP contribution is 2.27.